The van der Waals surface area contributed by atoms with Gasteiger partial charge in [0.2, 0.25) is 0 Å². The van der Waals surface area contributed by atoms with Crippen molar-refractivity contribution < 1.29 is 28.6 Å². The molecule has 1 fully saturated rings. The summed E-state index contributed by atoms with van der Waals surface area (Å²) in [6.45, 7) is 1.76. The molecule has 0 aliphatic carbocycles. The van der Waals surface area contributed by atoms with Gasteiger partial charge in [-0.1, -0.05) is 6.07 Å². The normalized spacial score (nSPS) is 22.0. The van der Waals surface area contributed by atoms with Gasteiger partial charge in [0.25, 0.3) is 5.91 Å². The Hall–Kier alpha value is -2.15. The SMILES string of the molecule is COc1cccc(C(=O)N2CC(C(=O)O)O[C@H](C)C2)c1F. The summed E-state index contributed by atoms with van der Waals surface area (Å²) in [4.78, 5) is 24.7. The van der Waals surface area contributed by atoms with Crippen molar-refractivity contribution in [2.24, 2.45) is 0 Å². The van der Waals surface area contributed by atoms with E-state index in [-0.39, 0.29) is 24.4 Å². The van der Waals surface area contributed by atoms with Crippen molar-refractivity contribution in [3.8, 4) is 5.75 Å². The van der Waals surface area contributed by atoms with Crippen LogP contribution >= 0.6 is 0 Å². The molecule has 1 N–H and O–H groups in total. The third-order valence-corrected chi connectivity index (χ3v) is 3.24. The molecule has 21 heavy (non-hydrogen) atoms. The predicted molar refractivity (Wildman–Crippen MR) is 70.8 cm³/mol. The molecule has 6 nitrogen and oxygen atoms in total. The highest BCUT2D eigenvalue weighted by Gasteiger charge is 2.34. The van der Waals surface area contributed by atoms with Crippen LogP contribution < -0.4 is 4.74 Å². The minimum absolute atomic E-state index is 0.0306. The molecule has 0 aromatic heterocycles. The second-order valence-corrected chi connectivity index (χ2v) is 4.81. The van der Waals surface area contributed by atoms with Gasteiger partial charge in [0.05, 0.1) is 25.3 Å². The zero-order chi connectivity index (χ0) is 15.6. The van der Waals surface area contributed by atoms with Crippen LogP contribution in [0.3, 0.4) is 0 Å². The first-order chi connectivity index (χ1) is 9.93. The maximum atomic E-state index is 14.1. The number of ether oxygens (including phenoxy) is 2. The highest BCUT2D eigenvalue weighted by atomic mass is 19.1. The Morgan fingerprint density at radius 1 is 1.43 bits per heavy atom. The highest BCUT2D eigenvalue weighted by molar-refractivity contribution is 5.95. The Bertz CT molecular complexity index is 562. The molecule has 1 aromatic rings. The fourth-order valence-corrected chi connectivity index (χ4v) is 2.26. The van der Waals surface area contributed by atoms with Crippen molar-refractivity contribution in [3.05, 3.63) is 29.6 Å². The minimum atomic E-state index is -1.15. The molecule has 2 atom stereocenters. The fourth-order valence-electron chi connectivity index (χ4n) is 2.26. The number of methoxy groups -OCH3 is 1. The van der Waals surface area contributed by atoms with Gasteiger partial charge in [0, 0.05) is 6.54 Å². The molecule has 0 bridgehead atoms. The summed E-state index contributed by atoms with van der Waals surface area (Å²) in [5.74, 6) is -2.51. The van der Waals surface area contributed by atoms with Crippen molar-refractivity contribution in [3.63, 3.8) is 0 Å². The Labute approximate surface area is 121 Å². The fraction of sp³-hybridized carbons (Fsp3) is 0.429. The molecule has 2 rings (SSSR count). The van der Waals surface area contributed by atoms with Crippen LogP contribution in [0.15, 0.2) is 18.2 Å². The number of nitrogens with zero attached hydrogens (tertiary/aromatic N) is 1. The van der Waals surface area contributed by atoms with Gasteiger partial charge in [-0.05, 0) is 19.1 Å². The second kappa shape index (κ2) is 6.09. The average molecular weight is 297 g/mol. The first-order valence-corrected chi connectivity index (χ1v) is 6.44. The number of benzene rings is 1. The third kappa shape index (κ3) is 3.13. The van der Waals surface area contributed by atoms with E-state index < -0.39 is 29.9 Å². The van der Waals surface area contributed by atoms with E-state index in [1.807, 2.05) is 0 Å². The second-order valence-electron chi connectivity index (χ2n) is 4.81. The van der Waals surface area contributed by atoms with Gasteiger partial charge in [0.1, 0.15) is 0 Å². The van der Waals surface area contributed by atoms with E-state index in [9.17, 15) is 14.0 Å². The first kappa shape index (κ1) is 15.2. The average Bonchev–Trinajstić information content (AvgIpc) is 2.46. The zero-order valence-electron chi connectivity index (χ0n) is 11.7. The quantitative estimate of drug-likeness (QED) is 0.905. The van der Waals surface area contributed by atoms with Crippen LogP contribution in [-0.2, 0) is 9.53 Å². The van der Waals surface area contributed by atoms with Crippen molar-refractivity contribution in [2.45, 2.75) is 19.1 Å². The minimum Gasteiger partial charge on any atom is -0.494 e. The largest absolute Gasteiger partial charge is 0.494 e. The van der Waals surface area contributed by atoms with Crippen LogP contribution in [0.5, 0.6) is 5.75 Å². The zero-order valence-corrected chi connectivity index (χ0v) is 11.7. The topological polar surface area (TPSA) is 76.1 Å². The lowest BCUT2D eigenvalue weighted by Gasteiger charge is -2.35. The van der Waals surface area contributed by atoms with Crippen LogP contribution in [0.2, 0.25) is 0 Å². The number of hydrogen-bond acceptors (Lipinski definition) is 4. The van der Waals surface area contributed by atoms with E-state index in [0.717, 1.165) is 0 Å². The van der Waals surface area contributed by atoms with E-state index in [2.05, 4.69) is 0 Å². The maximum absolute atomic E-state index is 14.1. The lowest BCUT2D eigenvalue weighted by molar-refractivity contribution is -0.160. The van der Waals surface area contributed by atoms with Crippen LogP contribution in [0.25, 0.3) is 0 Å². The molecular weight excluding hydrogens is 281 g/mol. The molecule has 1 heterocycles. The number of morpholine rings is 1. The summed E-state index contributed by atoms with van der Waals surface area (Å²) in [6, 6.07) is 4.26. The molecular formula is C14H16FNO5. The van der Waals surface area contributed by atoms with Gasteiger partial charge in [-0.2, -0.15) is 0 Å². The Kier molecular flexibility index (Phi) is 4.42. The maximum Gasteiger partial charge on any atom is 0.334 e. The molecule has 1 saturated heterocycles. The number of rotatable bonds is 3. The number of aliphatic carboxylic acids is 1. The highest BCUT2D eigenvalue weighted by Crippen LogP contribution is 2.22. The number of carbonyl (C=O) groups is 2. The van der Waals surface area contributed by atoms with Crippen molar-refractivity contribution in [1.82, 2.24) is 4.90 Å². The molecule has 1 aromatic carbocycles. The van der Waals surface area contributed by atoms with Crippen LogP contribution in [0.4, 0.5) is 4.39 Å². The lowest BCUT2D eigenvalue weighted by atomic mass is 10.1. The van der Waals surface area contributed by atoms with Gasteiger partial charge in [0.15, 0.2) is 17.7 Å². The molecule has 1 amide bonds. The number of carboxylic acid groups (broad SMARTS) is 1. The Balaban J connectivity index is 2.25. The molecule has 1 unspecified atom stereocenters. The van der Waals surface area contributed by atoms with E-state index in [1.165, 1.54) is 30.2 Å². The molecule has 0 saturated carbocycles. The summed E-state index contributed by atoms with van der Waals surface area (Å²) in [6.07, 6.45) is -1.54. The Morgan fingerprint density at radius 2 is 2.14 bits per heavy atom. The summed E-state index contributed by atoms with van der Waals surface area (Å²) in [5.41, 5.74) is -0.146. The van der Waals surface area contributed by atoms with Crippen molar-refractivity contribution in [2.75, 3.05) is 20.2 Å². The van der Waals surface area contributed by atoms with Gasteiger partial charge < -0.3 is 19.5 Å². The van der Waals surface area contributed by atoms with Gasteiger partial charge in [-0.15, -0.1) is 0 Å². The van der Waals surface area contributed by atoms with E-state index in [0.29, 0.717) is 0 Å². The van der Waals surface area contributed by atoms with E-state index in [4.69, 9.17) is 14.6 Å². The van der Waals surface area contributed by atoms with Crippen LogP contribution in [0.1, 0.15) is 17.3 Å². The monoisotopic (exact) mass is 297 g/mol. The number of carbonyl (C=O) groups excluding carboxylic acids is 1. The van der Waals surface area contributed by atoms with Gasteiger partial charge in [-0.25, -0.2) is 9.18 Å². The standard InChI is InChI=1S/C14H16FNO5/c1-8-6-16(7-11(21-8)14(18)19)13(17)9-4-3-5-10(20-2)12(9)15/h3-5,8,11H,6-7H2,1-2H3,(H,18,19)/t8-,11?/m1/s1. The van der Waals surface area contributed by atoms with E-state index >= 15 is 0 Å². The third-order valence-electron chi connectivity index (χ3n) is 3.24. The van der Waals surface area contributed by atoms with Gasteiger partial charge in [-0.3, -0.25) is 4.79 Å². The number of amides is 1. The lowest BCUT2D eigenvalue weighted by Crippen LogP contribution is -2.51. The van der Waals surface area contributed by atoms with E-state index in [1.54, 1.807) is 6.92 Å². The van der Waals surface area contributed by atoms with Crippen molar-refractivity contribution >= 4 is 11.9 Å². The number of halogens is 1. The van der Waals surface area contributed by atoms with Gasteiger partial charge >= 0.3 is 5.97 Å². The number of carboxylic acids is 1. The summed E-state index contributed by atoms with van der Waals surface area (Å²) in [5, 5.41) is 9.01. The Morgan fingerprint density at radius 3 is 2.76 bits per heavy atom. The van der Waals surface area contributed by atoms with Crippen LogP contribution in [0, 0.1) is 5.82 Å². The number of hydrogen-bond donors (Lipinski definition) is 1. The smallest absolute Gasteiger partial charge is 0.334 e. The molecule has 7 heteroatoms. The molecule has 0 spiro atoms. The molecule has 0 radical (unpaired) electrons. The van der Waals surface area contributed by atoms with Crippen LogP contribution in [-0.4, -0.2) is 54.3 Å². The summed E-state index contributed by atoms with van der Waals surface area (Å²) >= 11 is 0. The summed E-state index contributed by atoms with van der Waals surface area (Å²) < 4.78 is 24.2. The molecule has 1 aliphatic rings. The first-order valence-electron chi connectivity index (χ1n) is 6.44. The molecule has 114 valence electrons. The van der Waals surface area contributed by atoms with Crippen molar-refractivity contribution in [1.29, 1.82) is 0 Å². The molecule has 1 aliphatic heterocycles. The summed E-state index contributed by atoms with van der Waals surface area (Å²) in [7, 11) is 1.31. The predicted octanol–water partition coefficient (Wildman–Crippen LogP) is 1.15.